The number of fused-ring (bicyclic) bond motifs is 1. The maximum absolute atomic E-state index is 12.4. The Balaban J connectivity index is 1.89. The molecule has 1 unspecified atom stereocenters. The number of nitrogens with zero attached hydrogens (tertiary/aromatic N) is 3. The maximum Gasteiger partial charge on any atom is 0.315 e. The van der Waals surface area contributed by atoms with Crippen LogP contribution < -0.4 is 15.2 Å². The quantitative estimate of drug-likeness (QED) is 0.407. The zero-order valence-corrected chi connectivity index (χ0v) is 20.9. The Morgan fingerprint density at radius 3 is 2.40 bits per heavy atom. The Morgan fingerprint density at radius 2 is 1.80 bits per heavy atom. The number of hydrogen-bond acceptors (Lipinski definition) is 9. The molecule has 2 heterocycles. The van der Waals surface area contributed by atoms with Gasteiger partial charge in [0.1, 0.15) is 5.69 Å². The van der Waals surface area contributed by atoms with Gasteiger partial charge in [0.05, 0.1) is 37.9 Å². The standard InChI is InChI=1S/C23H26N4O6S2/c1-32-18-10-16-8-9-27(14-17(16)11-19(18)33-2)23(13-20(24)28,12-15-6-4-3-5-7-15)21-22(26-34-25-21)35(29,30)31/h3-7,10-11H,8-9,12-14H2,1-2H3,(H2,24,28)(H,29,30,31). The predicted molar refractivity (Wildman–Crippen MR) is 129 cm³/mol. The lowest BCUT2D eigenvalue weighted by molar-refractivity contribution is -0.121. The Kier molecular flexibility index (Phi) is 7.08. The fraction of sp³-hybridized carbons (Fsp3) is 0.348. The Hall–Kier alpha value is -3.06. The summed E-state index contributed by atoms with van der Waals surface area (Å²) in [7, 11) is -1.57. The molecule has 0 aliphatic carbocycles. The minimum absolute atomic E-state index is 0.0107. The summed E-state index contributed by atoms with van der Waals surface area (Å²) >= 11 is 0.664. The number of methoxy groups -OCH3 is 2. The van der Waals surface area contributed by atoms with Crippen molar-refractivity contribution in [3.8, 4) is 11.5 Å². The van der Waals surface area contributed by atoms with E-state index in [1.807, 2.05) is 47.4 Å². The van der Waals surface area contributed by atoms with Crippen LogP contribution in [0.5, 0.6) is 11.5 Å². The van der Waals surface area contributed by atoms with Gasteiger partial charge in [-0.2, -0.15) is 17.2 Å². The smallest absolute Gasteiger partial charge is 0.315 e. The van der Waals surface area contributed by atoms with Gasteiger partial charge in [-0.1, -0.05) is 30.3 Å². The first-order chi connectivity index (χ1) is 16.7. The minimum atomic E-state index is -4.70. The number of nitrogens with two attached hydrogens (primary N) is 1. The fourth-order valence-corrected chi connectivity index (χ4v) is 6.26. The van der Waals surface area contributed by atoms with Gasteiger partial charge in [0, 0.05) is 13.1 Å². The number of ether oxygens (including phenoxy) is 2. The molecule has 3 aromatic rings. The third-order valence-electron chi connectivity index (χ3n) is 6.27. The molecule has 35 heavy (non-hydrogen) atoms. The largest absolute Gasteiger partial charge is 0.493 e. The Labute approximate surface area is 207 Å². The van der Waals surface area contributed by atoms with E-state index in [2.05, 4.69) is 8.75 Å². The minimum Gasteiger partial charge on any atom is -0.493 e. The summed E-state index contributed by atoms with van der Waals surface area (Å²) in [4.78, 5) is 14.4. The lowest BCUT2D eigenvalue weighted by atomic mass is 9.80. The lowest BCUT2D eigenvalue weighted by Gasteiger charge is -2.45. The highest BCUT2D eigenvalue weighted by Gasteiger charge is 2.47. The second-order valence-electron chi connectivity index (χ2n) is 8.38. The van der Waals surface area contributed by atoms with Gasteiger partial charge >= 0.3 is 10.1 Å². The van der Waals surface area contributed by atoms with Crippen molar-refractivity contribution in [3.05, 3.63) is 64.8 Å². The van der Waals surface area contributed by atoms with Crippen molar-refractivity contribution in [2.75, 3.05) is 20.8 Å². The highest BCUT2D eigenvalue weighted by molar-refractivity contribution is 7.85. The van der Waals surface area contributed by atoms with Crippen molar-refractivity contribution in [3.63, 3.8) is 0 Å². The van der Waals surface area contributed by atoms with Crippen LogP contribution in [0.25, 0.3) is 0 Å². The summed E-state index contributed by atoms with van der Waals surface area (Å²) in [6.45, 7) is 0.837. The van der Waals surface area contributed by atoms with Gasteiger partial charge in [0.2, 0.25) is 10.9 Å². The van der Waals surface area contributed by atoms with E-state index in [-0.39, 0.29) is 18.5 Å². The van der Waals surface area contributed by atoms with Crippen LogP contribution in [-0.4, -0.2) is 53.3 Å². The molecule has 2 aromatic carbocycles. The van der Waals surface area contributed by atoms with Crippen molar-refractivity contribution < 1.29 is 27.2 Å². The van der Waals surface area contributed by atoms with E-state index in [0.29, 0.717) is 42.7 Å². The topological polar surface area (TPSA) is 145 Å². The summed E-state index contributed by atoms with van der Waals surface area (Å²) < 4.78 is 53.4. The molecule has 3 N–H and O–H groups in total. The van der Waals surface area contributed by atoms with Crippen LogP contribution in [0.15, 0.2) is 47.5 Å². The number of benzene rings is 2. The first-order valence-electron chi connectivity index (χ1n) is 10.8. The summed E-state index contributed by atoms with van der Waals surface area (Å²) in [5, 5.41) is -0.558. The SMILES string of the molecule is COc1cc2c(cc1OC)CN(C(CC(N)=O)(Cc1ccccc1)c1nsnc1S(=O)(=O)O)CC2. The highest BCUT2D eigenvalue weighted by Crippen LogP contribution is 2.42. The average Bonchev–Trinajstić information content (AvgIpc) is 3.34. The molecule has 1 aliphatic rings. The lowest BCUT2D eigenvalue weighted by Crippen LogP contribution is -2.52. The number of rotatable bonds is 9. The van der Waals surface area contributed by atoms with Crippen LogP contribution in [0, 0.1) is 0 Å². The molecule has 1 amide bonds. The van der Waals surface area contributed by atoms with Crippen LogP contribution in [0.4, 0.5) is 0 Å². The van der Waals surface area contributed by atoms with Crippen LogP contribution >= 0.6 is 11.7 Å². The van der Waals surface area contributed by atoms with E-state index in [0.717, 1.165) is 16.7 Å². The van der Waals surface area contributed by atoms with Crippen LogP contribution in [0.3, 0.4) is 0 Å². The number of carbonyl (C=O) groups is 1. The second kappa shape index (κ2) is 9.90. The summed E-state index contributed by atoms with van der Waals surface area (Å²) in [5.74, 6) is 0.545. The average molecular weight is 519 g/mol. The second-order valence-corrected chi connectivity index (χ2v) is 10.2. The third-order valence-corrected chi connectivity index (χ3v) is 7.69. The molecule has 0 radical (unpaired) electrons. The van der Waals surface area contributed by atoms with Crippen molar-refractivity contribution >= 4 is 27.8 Å². The van der Waals surface area contributed by atoms with Crippen molar-refractivity contribution in [2.45, 2.75) is 36.4 Å². The maximum atomic E-state index is 12.4. The van der Waals surface area contributed by atoms with E-state index in [1.165, 1.54) is 0 Å². The zero-order valence-electron chi connectivity index (χ0n) is 19.3. The number of aromatic nitrogens is 2. The van der Waals surface area contributed by atoms with Gasteiger partial charge < -0.3 is 15.2 Å². The molecule has 1 atom stereocenters. The summed E-state index contributed by atoms with van der Waals surface area (Å²) in [6, 6.07) is 13.1. The molecule has 0 spiro atoms. The number of primary amides is 1. The monoisotopic (exact) mass is 518 g/mol. The predicted octanol–water partition coefficient (Wildman–Crippen LogP) is 2.17. The molecule has 186 valence electrons. The fourth-order valence-electron chi connectivity index (χ4n) is 4.71. The molecule has 0 saturated carbocycles. The molecular weight excluding hydrogens is 492 g/mol. The van der Waals surface area contributed by atoms with Gasteiger partial charge in [-0.3, -0.25) is 14.2 Å². The normalized spacial score (nSPS) is 15.7. The van der Waals surface area contributed by atoms with Crippen LogP contribution in [-0.2, 0) is 39.8 Å². The highest BCUT2D eigenvalue weighted by atomic mass is 32.2. The van der Waals surface area contributed by atoms with E-state index < -0.39 is 26.6 Å². The number of carbonyl (C=O) groups excluding carboxylic acids is 1. The third kappa shape index (κ3) is 5.01. The molecule has 0 saturated heterocycles. The van der Waals surface area contributed by atoms with Gasteiger partial charge in [-0.15, -0.1) is 0 Å². The summed E-state index contributed by atoms with van der Waals surface area (Å²) in [5.41, 5.74) is 7.31. The summed E-state index contributed by atoms with van der Waals surface area (Å²) in [6.07, 6.45) is 0.607. The first kappa shape index (κ1) is 25.0. The first-order valence-corrected chi connectivity index (χ1v) is 13.0. The van der Waals surface area contributed by atoms with Gasteiger partial charge in [-0.05, 0) is 41.7 Å². The molecule has 1 aromatic heterocycles. The van der Waals surface area contributed by atoms with E-state index >= 15 is 0 Å². The van der Waals surface area contributed by atoms with Gasteiger partial charge in [0.25, 0.3) is 0 Å². The van der Waals surface area contributed by atoms with Gasteiger partial charge in [0.15, 0.2) is 11.5 Å². The van der Waals surface area contributed by atoms with E-state index in [9.17, 15) is 17.8 Å². The number of amides is 1. The van der Waals surface area contributed by atoms with E-state index in [4.69, 9.17) is 15.2 Å². The van der Waals surface area contributed by atoms with Crippen molar-refractivity contribution in [1.29, 1.82) is 0 Å². The molecule has 10 nitrogen and oxygen atoms in total. The van der Waals surface area contributed by atoms with Crippen molar-refractivity contribution in [2.24, 2.45) is 5.73 Å². The molecule has 4 rings (SSSR count). The molecule has 12 heteroatoms. The molecule has 0 fully saturated rings. The Bertz CT molecular complexity index is 1330. The molecule has 1 aliphatic heterocycles. The zero-order chi connectivity index (χ0) is 25.2. The Morgan fingerprint density at radius 1 is 1.14 bits per heavy atom. The van der Waals surface area contributed by atoms with E-state index in [1.54, 1.807) is 14.2 Å². The number of hydrogen-bond donors (Lipinski definition) is 2. The molecule has 0 bridgehead atoms. The van der Waals surface area contributed by atoms with Gasteiger partial charge in [-0.25, -0.2) is 0 Å². The molecular formula is C23H26N4O6S2. The van der Waals surface area contributed by atoms with Crippen LogP contribution in [0.2, 0.25) is 0 Å². The van der Waals surface area contributed by atoms with Crippen molar-refractivity contribution in [1.82, 2.24) is 13.6 Å². The van der Waals surface area contributed by atoms with Crippen LogP contribution in [0.1, 0.15) is 28.8 Å².